The normalized spacial score (nSPS) is 11.8. The number of hydrogen-bond acceptors (Lipinski definition) is 3. The first-order chi connectivity index (χ1) is 9.24. The molecule has 0 aliphatic heterocycles. The molecule has 112 valence electrons. The van der Waals surface area contributed by atoms with Crippen LogP contribution in [0, 0.1) is 0 Å². The van der Waals surface area contributed by atoms with Crippen LogP contribution in [0.1, 0.15) is 40.3 Å². The summed E-state index contributed by atoms with van der Waals surface area (Å²) in [5, 5.41) is 4.12. The van der Waals surface area contributed by atoms with Gasteiger partial charge in [-0.3, -0.25) is 0 Å². The lowest BCUT2D eigenvalue weighted by atomic mass is 10.1. The molecule has 3 nitrogen and oxygen atoms in total. The zero-order valence-electron chi connectivity index (χ0n) is 13.2. The summed E-state index contributed by atoms with van der Waals surface area (Å²) in [7, 11) is 0. The van der Waals surface area contributed by atoms with Crippen LogP contribution in [-0.2, 0) is 6.54 Å². The van der Waals surface area contributed by atoms with Crippen LogP contribution in [0.3, 0.4) is 0 Å². The number of rotatable bonds is 6. The summed E-state index contributed by atoms with van der Waals surface area (Å²) in [5.41, 5.74) is 0.925. The van der Waals surface area contributed by atoms with E-state index in [1.807, 2.05) is 18.2 Å². The maximum absolute atomic E-state index is 6.25. The van der Waals surface area contributed by atoms with Crippen molar-refractivity contribution in [2.45, 2.75) is 52.7 Å². The molecule has 1 aromatic rings. The van der Waals surface area contributed by atoms with Gasteiger partial charge < -0.3 is 10.2 Å². The van der Waals surface area contributed by atoms with E-state index in [1.54, 1.807) is 0 Å². The van der Waals surface area contributed by atoms with Gasteiger partial charge in [-0.25, -0.2) is 4.98 Å². The lowest BCUT2D eigenvalue weighted by molar-refractivity contribution is 0.421. The van der Waals surface area contributed by atoms with Crippen LogP contribution < -0.4 is 10.2 Å². The quantitative estimate of drug-likeness (QED) is 0.803. The predicted octanol–water partition coefficient (Wildman–Crippen LogP) is 4.02. The van der Waals surface area contributed by atoms with Gasteiger partial charge in [0.25, 0.3) is 0 Å². The molecule has 1 N–H and O–H groups in total. The van der Waals surface area contributed by atoms with Crippen LogP contribution in [0.15, 0.2) is 24.8 Å². The standard InChI is InChI=1S/C16H26ClN3/c1-7-10-20(12(2)3)15-9-8-13(17)14(19-15)11-18-16(4,5)6/h7-9,12,18H,1,10-11H2,2-6H3. The first kappa shape index (κ1) is 17.0. The molecular weight excluding hydrogens is 270 g/mol. The molecule has 0 aromatic carbocycles. The Morgan fingerprint density at radius 2 is 2.05 bits per heavy atom. The first-order valence-corrected chi connectivity index (χ1v) is 7.40. The third-order valence-corrected chi connectivity index (χ3v) is 3.28. The Morgan fingerprint density at radius 3 is 2.55 bits per heavy atom. The van der Waals surface area contributed by atoms with Crippen molar-refractivity contribution in [1.82, 2.24) is 10.3 Å². The first-order valence-electron chi connectivity index (χ1n) is 7.02. The van der Waals surface area contributed by atoms with Gasteiger partial charge >= 0.3 is 0 Å². The van der Waals surface area contributed by atoms with E-state index >= 15 is 0 Å². The minimum absolute atomic E-state index is 0.0415. The fourth-order valence-electron chi connectivity index (χ4n) is 1.81. The highest BCUT2D eigenvalue weighted by Crippen LogP contribution is 2.21. The summed E-state index contributed by atoms with van der Waals surface area (Å²) in [4.78, 5) is 6.90. The number of halogens is 1. The van der Waals surface area contributed by atoms with Crippen molar-refractivity contribution in [2.24, 2.45) is 0 Å². The minimum Gasteiger partial charge on any atom is -0.350 e. The molecule has 1 aromatic heterocycles. The van der Waals surface area contributed by atoms with Crippen LogP contribution in [0.5, 0.6) is 0 Å². The Bertz CT molecular complexity index is 450. The molecule has 0 bridgehead atoms. The summed E-state index contributed by atoms with van der Waals surface area (Å²) in [6.07, 6.45) is 1.89. The zero-order valence-corrected chi connectivity index (χ0v) is 14.0. The van der Waals surface area contributed by atoms with E-state index in [2.05, 4.69) is 51.4 Å². The molecule has 0 saturated carbocycles. The van der Waals surface area contributed by atoms with E-state index in [0.29, 0.717) is 17.6 Å². The largest absolute Gasteiger partial charge is 0.350 e. The summed E-state index contributed by atoms with van der Waals surface area (Å²) >= 11 is 6.25. The predicted molar refractivity (Wildman–Crippen MR) is 88.5 cm³/mol. The van der Waals surface area contributed by atoms with Crippen LogP contribution in [0.2, 0.25) is 5.02 Å². The second-order valence-electron chi connectivity index (χ2n) is 6.24. The van der Waals surface area contributed by atoms with E-state index in [1.165, 1.54) is 0 Å². The molecule has 0 aliphatic carbocycles. The van der Waals surface area contributed by atoms with Crippen molar-refractivity contribution in [3.8, 4) is 0 Å². The number of pyridine rings is 1. The topological polar surface area (TPSA) is 28.2 Å². The molecule has 1 rings (SSSR count). The van der Waals surface area contributed by atoms with Gasteiger partial charge in [-0.05, 0) is 46.8 Å². The SMILES string of the molecule is C=CCN(c1ccc(Cl)c(CNC(C)(C)C)n1)C(C)C. The van der Waals surface area contributed by atoms with Crippen LogP contribution in [-0.4, -0.2) is 23.1 Å². The molecule has 0 radical (unpaired) electrons. The molecule has 0 spiro atoms. The van der Waals surface area contributed by atoms with Crippen LogP contribution in [0.25, 0.3) is 0 Å². The third kappa shape index (κ3) is 5.14. The molecular formula is C16H26ClN3. The second kappa shape index (κ2) is 7.09. The molecule has 0 atom stereocenters. The Hall–Kier alpha value is -1.06. The molecule has 1 heterocycles. The number of nitrogens with one attached hydrogen (secondary N) is 1. The van der Waals surface area contributed by atoms with E-state index in [4.69, 9.17) is 16.6 Å². The average molecular weight is 296 g/mol. The smallest absolute Gasteiger partial charge is 0.129 e. The van der Waals surface area contributed by atoms with Crippen molar-refractivity contribution in [1.29, 1.82) is 0 Å². The lowest BCUT2D eigenvalue weighted by Gasteiger charge is -2.27. The summed E-state index contributed by atoms with van der Waals surface area (Å²) < 4.78 is 0. The van der Waals surface area contributed by atoms with Gasteiger partial charge in [0, 0.05) is 24.7 Å². The molecule has 0 fully saturated rings. The van der Waals surface area contributed by atoms with Crippen molar-refractivity contribution in [3.05, 3.63) is 35.5 Å². The Balaban J connectivity index is 2.97. The Kier molecular flexibility index (Phi) is 6.03. The van der Waals surface area contributed by atoms with Gasteiger partial charge in [-0.15, -0.1) is 6.58 Å². The maximum atomic E-state index is 6.25. The highest BCUT2D eigenvalue weighted by Gasteiger charge is 2.14. The molecule has 0 unspecified atom stereocenters. The number of nitrogens with zero attached hydrogens (tertiary/aromatic N) is 2. The Labute approximate surface area is 128 Å². The van der Waals surface area contributed by atoms with Crippen molar-refractivity contribution < 1.29 is 0 Å². The summed E-state index contributed by atoms with van der Waals surface area (Å²) in [6, 6.07) is 4.25. The second-order valence-corrected chi connectivity index (χ2v) is 6.64. The van der Waals surface area contributed by atoms with Gasteiger partial charge in [0.2, 0.25) is 0 Å². The molecule has 0 saturated heterocycles. The molecule has 0 amide bonds. The maximum Gasteiger partial charge on any atom is 0.129 e. The zero-order chi connectivity index (χ0) is 15.3. The molecule has 0 aliphatic rings. The fourth-order valence-corrected chi connectivity index (χ4v) is 1.99. The molecule has 4 heteroatoms. The number of aromatic nitrogens is 1. The van der Waals surface area contributed by atoms with Crippen LogP contribution in [0.4, 0.5) is 5.82 Å². The monoisotopic (exact) mass is 295 g/mol. The van der Waals surface area contributed by atoms with Crippen molar-refractivity contribution in [3.63, 3.8) is 0 Å². The van der Waals surface area contributed by atoms with Crippen molar-refractivity contribution in [2.75, 3.05) is 11.4 Å². The number of hydrogen-bond donors (Lipinski definition) is 1. The van der Waals surface area contributed by atoms with E-state index in [-0.39, 0.29) is 5.54 Å². The Morgan fingerprint density at radius 1 is 1.40 bits per heavy atom. The highest BCUT2D eigenvalue weighted by atomic mass is 35.5. The fraction of sp³-hybridized carbons (Fsp3) is 0.562. The van der Waals surface area contributed by atoms with Gasteiger partial charge in [0.15, 0.2) is 0 Å². The number of anilines is 1. The van der Waals surface area contributed by atoms with E-state index in [0.717, 1.165) is 18.1 Å². The summed E-state index contributed by atoms with van der Waals surface area (Å²) in [6.45, 7) is 15.9. The van der Waals surface area contributed by atoms with Gasteiger partial charge in [0.05, 0.1) is 10.7 Å². The van der Waals surface area contributed by atoms with Gasteiger partial charge in [-0.2, -0.15) is 0 Å². The van der Waals surface area contributed by atoms with Gasteiger partial charge in [-0.1, -0.05) is 17.7 Å². The van der Waals surface area contributed by atoms with Crippen molar-refractivity contribution >= 4 is 17.4 Å². The average Bonchev–Trinajstić information content (AvgIpc) is 2.34. The van der Waals surface area contributed by atoms with E-state index in [9.17, 15) is 0 Å². The minimum atomic E-state index is 0.0415. The molecule has 20 heavy (non-hydrogen) atoms. The lowest BCUT2D eigenvalue weighted by Crippen LogP contribution is -2.36. The third-order valence-electron chi connectivity index (χ3n) is 2.93. The highest BCUT2D eigenvalue weighted by molar-refractivity contribution is 6.31. The van der Waals surface area contributed by atoms with Crippen LogP contribution >= 0.6 is 11.6 Å². The van der Waals surface area contributed by atoms with E-state index < -0.39 is 0 Å². The van der Waals surface area contributed by atoms with Gasteiger partial charge in [0.1, 0.15) is 5.82 Å². The summed E-state index contributed by atoms with van der Waals surface area (Å²) in [5.74, 6) is 0.940.